The second kappa shape index (κ2) is 10.6. The number of aromatic nitrogens is 2. The van der Waals surface area contributed by atoms with Crippen molar-refractivity contribution in [3.05, 3.63) is 53.8 Å². The van der Waals surface area contributed by atoms with Gasteiger partial charge in [0.25, 0.3) is 5.91 Å². The molecule has 2 fully saturated rings. The lowest BCUT2D eigenvalue weighted by atomic mass is 10.1. The highest BCUT2D eigenvalue weighted by Gasteiger charge is 2.19. The zero-order valence-corrected chi connectivity index (χ0v) is 21.0. The van der Waals surface area contributed by atoms with Gasteiger partial charge in [-0.05, 0) is 42.5 Å². The lowest BCUT2D eigenvalue weighted by Crippen LogP contribution is -2.38. The number of carbonyl (C=O) groups excluding carboxylic acids is 1. The lowest BCUT2D eigenvalue weighted by molar-refractivity contribution is 0.0320. The number of amides is 1. The van der Waals surface area contributed by atoms with Crippen LogP contribution < -0.4 is 15.4 Å². The molecule has 0 bridgehead atoms. The molecule has 0 aliphatic carbocycles. The first kappa shape index (κ1) is 24.6. The molecule has 3 N–H and O–H groups in total. The molecule has 2 aliphatic heterocycles. The van der Waals surface area contributed by atoms with E-state index in [0.717, 1.165) is 42.8 Å². The van der Waals surface area contributed by atoms with E-state index >= 15 is 0 Å². The fourth-order valence-corrected chi connectivity index (χ4v) is 5.09. The summed E-state index contributed by atoms with van der Waals surface area (Å²) in [6.07, 6.45) is 0. The number of H-pyrrole nitrogens is 1. The van der Waals surface area contributed by atoms with Crippen molar-refractivity contribution in [2.45, 2.75) is 0 Å². The molecule has 2 saturated heterocycles. The van der Waals surface area contributed by atoms with Crippen molar-refractivity contribution < 1.29 is 23.4 Å². The average molecular weight is 520 g/mol. The number of carbonyl (C=O) groups is 1. The summed E-state index contributed by atoms with van der Waals surface area (Å²) in [4.78, 5) is 25.0. The van der Waals surface area contributed by atoms with E-state index < -0.39 is 11.7 Å². The predicted molar refractivity (Wildman–Crippen MR) is 143 cm³/mol. The van der Waals surface area contributed by atoms with Crippen LogP contribution in [0.1, 0.15) is 10.4 Å². The molecule has 4 aromatic rings. The van der Waals surface area contributed by atoms with Crippen molar-refractivity contribution in [2.24, 2.45) is 5.73 Å². The first-order chi connectivity index (χ1) is 18.6. The number of morpholine rings is 2. The summed E-state index contributed by atoms with van der Waals surface area (Å²) in [5, 5.41) is 0.866. The number of aromatic amines is 1. The minimum atomic E-state index is -0.581. The molecule has 1 amide bonds. The van der Waals surface area contributed by atoms with Gasteiger partial charge in [0.1, 0.15) is 6.61 Å². The SMILES string of the molecule is NC(=O)c1cc(-c2ccc(OCCN3CCOCC3)c(F)c2)nc2c1[nH]c1cc(N3CCOCC3)ccc12. The van der Waals surface area contributed by atoms with Crippen LogP contribution in [0.5, 0.6) is 5.75 Å². The third-order valence-electron chi connectivity index (χ3n) is 7.18. The van der Waals surface area contributed by atoms with Crippen molar-refractivity contribution in [3.63, 3.8) is 0 Å². The van der Waals surface area contributed by atoms with Crippen LogP contribution in [0, 0.1) is 5.82 Å². The highest BCUT2D eigenvalue weighted by molar-refractivity contribution is 6.14. The maximum atomic E-state index is 15.0. The van der Waals surface area contributed by atoms with E-state index in [1.165, 1.54) is 6.07 Å². The molecule has 0 saturated carbocycles. The van der Waals surface area contributed by atoms with Crippen LogP contribution in [0.2, 0.25) is 0 Å². The molecule has 0 radical (unpaired) electrons. The zero-order valence-electron chi connectivity index (χ0n) is 21.0. The van der Waals surface area contributed by atoms with Crippen LogP contribution in [-0.4, -0.2) is 86.5 Å². The minimum absolute atomic E-state index is 0.181. The standard InChI is InChI=1S/C28H30FN5O4/c29-22-15-18(1-4-25(22)38-14-7-33-5-10-36-11-6-33)23-17-21(28(30)35)27-26(31-23)20-3-2-19(16-24(20)32-27)34-8-12-37-13-9-34/h1-4,15-17,32H,5-14H2,(H2,30,35). The minimum Gasteiger partial charge on any atom is -0.489 e. The topological polar surface area (TPSA) is 106 Å². The molecule has 0 unspecified atom stereocenters. The highest BCUT2D eigenvalue weighted by atomic mass is 19.1. The van der Waals surface area contributed by atoms with Crippen molar-refractivity contribution in [1.29, 1.82) is 0 Å². The van der Waals surface area contributed by atoms with E-state index in [0.29, 0.717) is 67.4 Å². The molecule has 0 atom stereocenters. The molecule has 2 aliphatic rings. The molecular formula is C28H30FN5O4. The van der Waals surface area contributed by atoms with Gasteiger partial charge in [0.15, 0.2) is 11.6 Å². The van der Waals surface area contributed by atoms with Gasteiger partial charge in [0.2, 0.25) is 0 Å². The third kappa shape index (κ3) is 4.90. The largest absolute Gasteiger partial charge is 0.489 e. The number of primary amides is 1. The van der Waals surface area contributed by atoms with Crippen molar-refractivity contribution in [3.8, 4) is 17.0 Å². The monoisotopic (exact) mass is 519 g/mol. The first-order valence-corrected chi connectivity index (χ1v) is 12.9. The number of nitrogens with zero attached hydrogens (tertiary/aromatic N) is 3. The Morgan fingerprint density at radius 1 is 1.03 bits per heavy atom. The highest BCUT2D eigenvalue weighted by Crippen LogP contribution is 2.33. The van der Waals surface area contributed by atoms with Crippen LogP contribution in [0.3, 0.4) is 0 Å². The van der Waals surface area contributed by atoms with E-state index in [1.54, 1.807) is 18.2 Å². The number of anilines is 1. The van der Waals surface area contributed by atoms with Gasteiger partial charge in [-0.15, -0.1) is 0 Å². The fourth-order valence-electron chi connectivity index (χ4n) is 5.09. The van der Waals surface area contributed by atoms with Crippen LogP contribution in [-0.2, 0) is 9.47 Å². The van der Waals surface area contributed by atoms with Gasteiger partial charge in [0, 0.05) is 49.4 Å². The van der Waals surface area contributed by atoms with Gasteiger partial charge >= 0.3 is 0 Å². The smallest absolute Gasteiger partial charge is 0.250 e. The Morgan fingerprint density at radius 3 is 2.53 bits per heavy atom. The number of halogens is 1. The van der Waals surface area contributed by atoms with E-state index in [2.05, 4.69) is 20.9 Å². The second-order valence-electron chi connectivity index (χ2n) is 9.54. The molecule has 38 heavy (non-hydrogen) atoms. The quantitative estimate of drug-likeness (QED) is 0.386. The van der Waals surface area contributed by atoms with Gasteiger partial charge in [-0.3, -0.25) is 9.69 Å². The summed E-state index contributed by atoms with van der Waals surface area (Å²) < 4.78 is 31.5. The molecule has 6 rings (SSSR count). The number of fused-ring (bicyclic) bond motifs is 3. The van der Waals surface area contributed by atoms with Crippen molar-refractivity contribution in [1.82, 2.24) is 14.9 Å². The third-order valence-corrected chi connectivity index (χ3v) is 7.18. The predicted octanol–water partition coefficient (Wildman–Crippen LogP) is 3.17. The normalized spacial score (nSPS) is 16.8. The molecule has 10 heteroatoms. The Kier molecular flexibility index (Phi) is 6.84. The number of ether oxygens (including phenoxy) is 3. The van der Waals surface area contributed by atoms with E-state index in [4.69, 9.17) is 24.9 Å². The summed E-state index contributed by atoms with van der Waals surface area (Å²) >= 11 is 0. The molecular weight excluding hydrogens is 489 g/mol. The molecule has 2 aromatic heterocycles. The Hall–Kier alpha value is -3.73. The van der Waals surface area contributed by atoms with Crippen molar-refractivity contribution >= 4 is 33.5 Å². The number of pyridine rings is 1. The number of hydrogen-bond acceptors (Lipinski definition) is 7. The Bertz CT molecular complexity index is 1480. The Morgan fingerprint density at radius 2 is 1.79 bits per heavy atom. The van der Waals surface area contributed by atoms with E-state index in [9.17, 15) is 9.18 Å². The van der Waals surface area contributed by atoms with Crippen LogP contribution in [0.25, 0.3) is 33.2 Å². The second-order valence-corrected chi connectivity index (χ2v) is 9.54. The first-order valence-electron chi connectivity index (χ1n) is 12.9. The Balaban J connectivity index is 1.29. The fraction of sp³-hybridized carbons (Fsp3) is 0.357. The summed E-state index contributed by atoms with van der Waals surface area (Å²) in [6, 6.07) is 12.4. The number of hydrogen-bond donors (Lipinski definition) is 2. The van der Waals surface area contributed by atoms with E-state index in [1.807, 2.05) is 12.1 Å². The summed E-state index contributed by atoms with van der Waals surface area (Å²) in [6.45, 7) is 7.22. The van der Waals surface area contributed by atoms with E-state index in [-0.39, 0.29) is 5.75 Å². The van der Waals surface area contributed by atoms with Gasteiger partial charge in [-0.2, -0.15) is 0 Å². The Labute approximate surface area is 219 Å². The van der Waals surface area contributed by atoms with Gasteiger partial charge in [-0.1, -0.05) is 0 Å². The molecule has 4 heterocycles. The molecule has 0 spiro atoms. The van der Waals surface area contributed by atoms with Crippen molar-refractivity contribution in [2.75, 3.05) is 70.7 Å². The number of nitrogens with one attached hydrogen (secondary N) is 1. The van der Waals surface area contributed by atoms with Gasteiger partial charge in [-0.25, -0.2) is 9.37 Å². The zero-order chi connectivity index (χ0) is 26.1. The van der Waals surface area contributed by atoms with Crippen LogP contribution in [0.4, 0.5) is 10.1 Å². The van der Waals surface area contributed by atoms with Gasteiger partial charge in [0.05, 0.1) is 54.2 Å². The summed E-state index contributed by atoms with van der Waals surface area (Å²) in [5.74, 6) is -0.885. The number of benzene rings is 2. The lowest BCUT2D eigenvalue weighted by Gasteiger charge is -2.28. The number of nitrogens with two attached hydrogens (primary N) is 1. The average Bonchev–Trinajstić information content (AvgIpc) is 3.32. The van der Waals surface area contributed by atoms with Crippen LogP contribution in [0.15, 0.2) is 42.5 Å². The molecule has 2 aromatic carbocycles. The van der Waals surface area contributed by atoms with Crippen LogP contribution >= 0.6 is 0 Å². The summed E-state index contributed by atoms with van der Waals surface area (Å²) in [7, 11) is 0. The maximum Gasteiger partial charge on any atom is 0.250 e. The summed E-state index contributed by atoms with van der Waals surface area (Å²) in [5.41, 5.74) is 10.2. The maximum absolute atomic E-state index is 15.0. The molecule has 198 valence electrons. The molecule has 9 nitrogen and oxygen atoms in total. The number of rotatable bonds is 7. The van der Waals surface area contributed by atoms with Gasteiger partial charge < -0.3 is 29.8 Å².